The van der Waals surface area contributed by atoms with Gasteiger partial charge < -0.3 is 14.8 Å². The number of carbonyl (C=O) groups excluding carboxylic acids is 1. The summed E-state index contributed by atoms with van der Waals surface area (Å²) in [5.41, 5.74) is 4.28. The Bertz CT molecular complexity index is 965. The van der Waals surface area contributed by atoms with Gasteiger partial charge in [-0.2, -0.15) is 0 Å². The molecule has 2 heterocycles. The second kappa shape index (κ2) is 7.49. The summed E-state index contributed by atoms with van der Waals surface area (Å²) >= 11 is 6.28. The van der Waals surface area contributed by atoms with Crippen molar-refractivity contribution in [3.8, 4) is 5.69 Å². The molecule has 0 fully saturated rings. The molecule has 4 nitrogen and oxygen atoms in total. The standard InChI is InChI=1S/C22H22ClN3O/c1-2-12-24-22(27)26-15-17-7-3-4-10-19(17)25-13-6-11-20(25)21(26)16-8-5-9-18(23)14-16/h3-11,13-14,21H,2,12,15H2,1H3,(H,24,27)/t21-/m1/s1. The number of hydrogen-bond donors (Lipinski definition) is 1. The van der Waals surface area contributed by atoms with Gasteiger partial charge in [-0.1, -0.05) is 48.9 Å². The summed E-state index contributed by atoms with van der Waals surface area (Å²) in [5.74, 6) is 0. The zero-order chi connectivity index (χ0) is 18.8. The molecule has 0 unspecified atom stereocenters. The molecule has 0 saturated heterocycles. The van der Waals surface area contributed by atoms with Gasteiger partial charge in [-0.15, -0.1) is 0 Å². The molecule has 0 saturated carbocycles. The molecule has 0 bridgehead atoms. The first-order valence-electron chi connectivity index (χ1n) is 9.24. The fourth-order valence-corrected chi connectivity index (χ4v) is 3.90. The summed E-state index contributed by atoms with van der Waals surface area (Å²) in [5, 5.41) is 3.71. The van der Waals surface area contributed by atoms with Gasteiger partial charge in [0.2, 0.25) is 0 Å². The zero-order valence-corrected chi connectivity index (χ0v) is 16.0. The average molecular weight is 380 g/mol. The molecule has 0 radical (unpaired) electrons. The lowest BCUT2D eigenvalue weighted by atomic mass is 10.0. The molecule has 27 heavy (non-hydrogen) atoms. The monoisotopic (exact) mass is 379 g/mol. The van der Waals surface area contributed by atoms with Gasteiger partial charge in [0, 0.05) is 23.5 Å². The third-order valence-corrected chi connectivity index (χ3v) is 5.15. The highest BCUT2D eigenvalue weighted by atomic mass is 35.5. The lowest BCUT2D eigenvalue weighted by Gasteiger charge is -2.31. The predicted octanol–water partition coefficient (Wildman–Crippen LogP) is 5.16. The molecule has 1 atom stereocenters. The van der Waals surface area contributed by atoms with Crippen LogP contribution in [0, 0.1) is 0 Å². The fourth-order valence-electron chi connectivity index (χ4n) is 3.70. The summed E-state index contributed by atoms with van der Waals surface area (Å²) in [6.07, 6.45) is 2.95. The quantitative estimate of drug-likeness (QED) is 0.670. The minimum atomic E-state index is -0.219. The number of benzene rings is 2. The Balaban J connectivity index is 1.88. The van der Waals surface area contributed by atoms with Gasteiger partial charge in [-0.25, -0.2) is 4.79 Å². The first-order valence-corrected chi connectivity index (χ1v) is 9.62. The summed E-state index contributed by atoms with van der Waals surface area (Å²) in [6.45, 7) is 3.24. The predicted molar refractivity (Wildman–Crippen MR) is 108 cm³/mol. The summed E-state index contributed by atoms with van der Waals surface area (Å²) in [7, 11) is 0. The van der Waals surface area contributed by atoms with E-state index in [0.717, 1.165) is 28.9 Å². The Morgan fingerprint density at radius 1 is 1.15 bits per heavy atom. The average Bonchev–Trinajstić information content (AvgIpc) is 3.10. The van der Waals surface area contributed by atoms with Gasteiger partial charge in [0.1, 0.15) is 0 Å². The van der Waals surface area contributed by atoms with Crippen molar-refractivity contribution in [2.24, 2.45) is 0 Å². The van der Waals surface area contributed by atoms with Crippen LogP contribution in [-0.2, 0) is 6.54 Å². The van der Waals surface area contributed by atoms with Crippen LogP contribution in [0.15, 0.2) is 66.9 Å². The summed E-state index contributed by atoms with van der Waals surface area (Å²) < 4.78 is 2.17. The van der Waals surface area contributed by atoms with Crippen molar-refractivity contribution in [3.63, 3.8) is 0 Å². The number of halogens is 1. The molecule has 2 aromatic carbocycles. The number of nitrogens with one attached hydrogen (secondary N) is 1. The number of urea groups is 1. The van der Waals surface area contributed by atoms with E-state index in [4.69, 9.17) is 11.6 Å². The minimum absolute atomic E-state index is 0.0636. The summed E-state index contributed by atoms with van der Waals surface area (Å²) in [6, 6.07) is 19.8. The highest BCUT2D eigenvalue weighted by molar-refractivity contribution is 6.30. The van der Waals surface area contributed by atoms with Crippen LogP contribution in [0.5, 0.6) is 0 Å². The van der Waals surface area contributed by atoms with E-state index in [9.17, 15) is 4.79 Å². The minimum Gasteiger partial charge on any atom is -0.338 e. The van der Waals surface area contributed by atoms with Gasteiger partial charge in [0.05, 0.1) is 18.3 Å². The third-order valence-electron chi connectivity index (χ3n) is 4.92. The number of aromatic nitrogens is 1. The second-order valence-electron chi connectivity index (χ2n) is 6.75. The van der Waals surface area contributed by atoms with Crippen LogP contribution in [-0.4, -0.2) is 22.0 Å². The van der Waals surface area contributed by atoms with Crippen molar-refractivity contribution in [1.82, 2.24) is 14.8 Å². The molecular formula is C22H22ClN3O. The highest BCUT2D eigenvalue weighted by Gasteiger charge is 2.32. The van der Waals surface area contributed by atoms with E-state index < -0.39 is 0 Å². The van der Waals surface area contributed by atoms with Gasteiger partial charge in [0.25, 0.3) is 0 Å². The number of para-hydroxylation sites is 1. The molecule has 3 aromatic rings. The Labute approximate surface area is 164 Å². The molecule has 4 rings (SSSR count). The van der Waals surface area contributed by atoms with E-state index >= 15 is 0 Å². The lowest BCUT2D eigenvalue weighted by Crippen LogP contribution is -2.42. The molecule has 5 heteroatoms. The number of hydrogen-bond acceptors (Lipinski definition) is 1. The Morgan fingerprint density at radius 3 is 2.81 bits per heavy atom. The molecule has 138 valence electrons. The zero-order valence-electron chi connectivity index (χ0n) is 15.2. The SMILES string of the molecule is CCCNC(=O)N1Cc2ccccc2-n2cccc2[C@H]1c1cccc(Cl)c1. The molecule has 2 amide bonds. The number of amides is 2. The van der Waals surface area contributed by atoms with E-state index in [-0.39, 0.29) is 12.1 Å². The lowest BCUT2D eigenvalue weighted by molar-refractivity contribution is 0.180. The van der Waals surface area contributed by atoms with Crippen LogP contribution < -0.4 is 5.32 Å². The van der Waals surface area contributed by atoms with E-state index in [1.165, 1.54) is 0 Å². The van der Waals surface area contributed by atoms with Gasteiger partial charge in [-0.3, -0.25) is 0 Å². The van der Waals surface area contributed by atoms with Crippen molar-refractivity contribution in [2.45, 2.75) is 25.9 Å². The first-order chi connectivity index (χ1) is 13.2. The first kappa shape index (κ1) is 17.7. The number of fused-ring (bicyclic) bond motifs is 3. The maximum Gasteiger partial charge on any atom is 0.318 e. The van der Waals surface area contributed by atoms with E-state index in [1.54, 1.807) is 0 Å². The normalized spacial score (nSPS) is 15.6. The smallest absolute Gasteiger partial charge is 0.318 e. The van der Waals surface area contributed by atoms with Crippen LogP contribution in [0.4, 0.5) is 4.79 Å². The molecule has 1 aromatic heterocycles. The third kappa shape index (κ3) is 3.33. The van der Waals surface area contributed by atoms with Crippen LogP contribution >= 0.6 is 11.6 Å². The number of rotatable bonds is 3. The molecular weight excluding hydrogens is 358 g/mol. The molecule has 0 spiro atoms. The summed E-state index contributed by atoms with van der Waals surface area (Å²) in [4.78, 5) is 15.0. The maximum absolute atomic E-state index is 13.1. The second-order valence-corrected chi connectivity index (χ2v) is 7.19. The van der Waals surface area contributed by atoms with Crippen LogP contribution in [0.25, 0.3) is 5.69 Å². The number of nitrogens with zero attached hydrogens (tertiary/aromatic N) is 2. The van der Waals surface area contributed by atoms with Crippen LogP contribution in [0.2, 0.25) is 5.02 Å². The van der Waals surface area contributed by atoms with E-state index in [0.29, 0.717) is 18.1 Å². The molecule has 1 aliphatic heterocycles. The topological polar surface area (TPSA) is 37.3 Å². The molecule has 1 aliphatic rings. The Morgan fingerprint density at radius 2 is 2.00 bits per heavy atom. The van der Waals surface area contributed by atoms with Crippen LogP contribution in [0.3, 0.4) is 0 Å². The van der Waals surface area contributed by atoms with E-state index in [1.807, 2.05) is 47.4 Å². The highest BCUT2D eigenvalue weighted by Crippen LogP contribution is 2.37. The van der Waals surface area contributed by atoms with Gasteiger partial charge in [-0.05, 0) is 47.9 Å². The van der Waals surface area contributed by atoms with Crippen molar-refractivity contribution in [2.75, 3.05) is 6.54 Å². The largest absolute Gasteiger partial charge is 0.338 e. The number of carbonyl (C=O) groups is 1. The van der Waals surface area contributed by atoms with Crippen molar-refractivity contribution >= 4 is 17.6 Å². The van der Waals surface area contributed by atoms with Crippen molar-refractivity contribution in [3.05, 3.63) is 88.7 Å². The van der Waals surface area contributed by atoms with Crippen molar-refractivity contribution < 1.29 is 4.79 Å². The fraction of sp³-hybridized carbons (Fsp3) is 0.227. The van der Waals surface area contributed by atoms with Gasteiger partial charge in [0.15, 0.2) is 0 Å². The molecule has 1 N–H and O–H groups in total. The molecule has 0 aliphatic carbocycles. The van der Waals surface area contributed by atoms with E-state index in [2.05, 4.69) is 41.2 Å². The Hall–Kier alpha value is -2.72. The Kier molecular flexibility index (Phi) is 4.90. The maximum atomic E-state index is 13.1. The van der Waals surface area contributed by atoms with Crippen molar-refractivity contribution in [1.29, 1.82) is 0 Å². The van der Waals surface area contributed by atoms with Gasteiger partial charge >= 0.3 is 6.03 Å². The van der Waals surface area contributed by atoms with Crippen LogP contribution in [0.1, 0.15) is 36.2 Å².